The summed E-state index contributed by atoms with van der Waals surface area (Å²) >= 11 is 0. The van der Waals surface area contributed by atoms with Gasteiger partial charge in [0.2, 0.25) is 5.89 Å². The highest BCUT2D eigenvalue weighted by molar-refractivity contribution is 5.99. The van der Waals surface area contributed by atoms with E-state index < -0.39 is 0 Å². The summed E-state index contributed by atoms with van der Waals surface area (Å²) in [7, 11) is 0. The average molecular weight is 344 g/mol. The Morgan fingerprint density at radius 1 is 1.40 bits per heavy atom. The number of aryl methyl sites for hydroxylation is 1. The van der Waals surface area contributed by atoms with Crippen LogP contribution < -0.4 is 5.32 Å². The van der Waals surface area contributed by atoms with E-state index in [9.17, 15) is 9.90 Å². The van der Waals surface area contributed by atoms with Crippen molar-refractivity contribution in [1.82, 2.24) is 15.0 Å². The van der Waals surface area contributed by atoms with Crippen molar-refractivity contribution in [3.8, 4) is 0 Å². The number of nitrogens with zero attached hydrogens (tertiary/aromatic N) is 3. The molecule has 0 saturated carbocycles. The lowest BCUT2D eigenvalue weighted by molar-refractivity contribution is 0.0575. The molecule has 0 unspecified atom stereocenters. The number of likely N-dealkylation sites (tertiary alicyclic amines) is 1. The van der Waals surface area contributed by atoms with Crippen LogP contribution in [-0.4, -0.2) is 45.2 Å². The number of hydrogen-bond acceptors (Lipinski definition) is 6. The molecular formula is C18H24N4O3. The molecule has 1 aromatic carbocycles. The van der Waals surface area contributed by atoms with E-state index in [0.717, 1.165) is 31.5 Å². The zero-order valence-electron chi connectivity index (χ0n) is 14.4. The number of aliphatic hydroxyl groups excluding tert-OH is 1. The largest absolute Gasteiger partial charge is 0.396 e. The molecule has 7 heteroatoms. The number of rotatable bonds is 6. The molecule has 1 saturated heterocycles. The first kappa shape index (κ1) is 17.4. The van der Waals surface area contributed by atoms with Crippen LogP contribution in [0.25, 0.3) is 0 Å². The first-order valence-corrected chi connectivity index (χ1v) is 8.73. The lowest BCUT2D eigenvalue weighted by Gasteiger charge is -2.36. The van der Waals surface area contributed by atoms with Crippen LogP contribution in [0.5, 0.6) is 0 Å². The molecular weight excluding hydrogens is 320 g/mol. The van der Waals surface area contributed by atoms with Gasteiger partial charge in [0.15, 0.2) is 5.82 Å². The average Bonchev–Trinajstić information content (AvgIpc) is 3.06. The third-order valence-corrected chi connectivity index (χ3v) is 4.51. The summed E-state index contributed by atoms with van der Waals surface area (Å²) < 4.78 is 5.10. The summed E-state index contributed by atoms with van der Waals surface area (Å²) in [6.07, 6.45) is 3.68. The van der Waals surface area contributed by atoms with E-state index in [2.05, 4.69) is 15.5 Å². The van der Waals surface area contributed by atoms with E-state index in [1.54, 1.807) is 6.92 Å². The molecule has 1 atom stereocenters. The summed E-state index contributed by atoms with van der Waals surface area (Å²) in [6, 6.07) is 7.56. The van der Waals surface area contributed by atoms with E-state index in [1.807, 2.05) is 29.2 Å². The van der Waals surface area contributed by atoms with E-state index in [4.69, 9.17) is 4.52 Å². The molecule has 0 radical (unpaired) electrons. The minimum absolute atomic E-state index is 0.00274. The quantitative estimate of drug-likeness (QED) is 0.836. The molecule has 2 aromatic rings. The Hall–Kier alpha value is -2.41. The van der Waals surface area contributed by atoms with Crippen molar-refractivity contribution in [3.63, 3.8) is 0 Å². The van der Waals surface area contributed by atoms with Crippen LogP contribution in [-0.2, 0) is 6.54 Å². The number of para-hydroxylation sites is 1. The molecule has 7 nitrogen and oxygen atoms in total. The van der Waals surface area contributed by atoms with Gasteiger partial charge in [-0.05, 0) is 44.7 Å². The van der Waals surface area contributed by atoms with Crippen LogP contribution in [0.1, 0.15) is 47.8 Å². The van der Waals surface area contributed by atoms with Gasteiger partial charge in [0.25, 0.3) is 5.91 Å². The Balaban J connectivity index is 1.75. The summed E-state index contributed by atoms with van der Waals surface area (Å²) in [6.45, 7) is 2.97. The van der Waals surface area contributed by atoms with Crippen LogP contribution in [0.3, 0.4) is 0 Å². The number of hydrogen-bond donors (Lipinski definition) is 2. The fourth-order valence-corrected chi connectivity index (χ4v) is 3.28. The maximum Gasteiger partial charge on any atom is 0.256 e. The monoisotopic (exact) mass is 344 g/mol. The van der Waals surface area contributed by atoms with E-state index in [0.29, 0.717) is 30.2 Å². The lowest BCUT2D eigenvalue weighted by Crippen LogP contribution is -2.44. The second-order valence-corrected chi connectivity index (χ2v) is 6.29. The van der Waals surface area contributed by atoms with Crippen LogP contribution in [0.2, 0.25) is 0 Å². The van der Waals surface area contributed by atoms with E-state index >= 15 is 0 Å². The predicted molar refractivity (Wildman–Crippen MR) is 93.2 cm³/mol. The second-order valence-electron chi connectivity index (χ2n) is 6.29. The number of nitrogens with one attached hydrogen (secondary N) is 1. The van der Waals surface area contributed by atoms with E-state index in [-0.39, 0.29) is 18.6 Å². The van der Waals surface area contributed by atoms with Gasteiger partial charge >= 0.3 is 0 Å². The van der Waals surface area contributed by atoms with Gasteiger partial charge in [0, 0.05) is 24.9 Å². The topological polar surface area (TPSA) is 91.5 Å². The second kappa shape index (κ2) is 8.11. The first-order valence-electron chi connectivity index (χ1n) is 8.73. The normalized spacial score (nSPS) is 17.5. The highest BCUT2D eigenvalue weighted by atomic mass is 16.5. The van der Waals surface area contributed by atoms with Gasteiger partial charge in [-0.3, -0.25) is 4.79 Å². The van der Waals surface area contributed by atoms with Crippen molar-refractivity contribution in [1.29, 1.82) is 0 Å². The molecule has 1 aliphatic rings. The molecule has 1 fully saturated rings. The number of amides is 1. The minimum atomic E-state index is 0.00274. The summed E-state index contributed by atoms with van der Waals surface area (Å²) in [5, 5.41) is 16.3. The van der Waals surface area contributed by atoms with Gasteiger partial charge in [-0.1, -0.05) is 17.3 Å². The van der Waals surface area contributed by atoms with Gasteiger partial charge in [-0.25, -0.2) is 0 Å². The fourth-order valence-electron chi connectivity index (χ4n) is 3.28. The Morgan fingerprint density at radius 3 is 3.00 bits per heavy atom. The van der Waals surface area contributed by atoms with Gasteiger partial charge < -0.3 is 19.8 Å². The Labute approximate surface area is 147 Å². The third-order valence-electron chi connectivity index (χ3n) is 4.51. The number of benzene rings is 1. The number of aliphatic hydroxyl groups is 1. The summed E-state index contributed by atoms with van der Waals surface area (Å²) in [5.74, 6) is 1.07. The zero-order chi connectivity index (χ0) is 17.6. The van der Waals surface area contributed by atoms with Crippen molar-refractivity contribution in [2.45, 2.75) is 45.2 Å². The minimum Gasteiger partial charge on any atom is -0.396 e. The van der Waals surface area contributed by atoms with Crippen molar-refractivity contribution in [2.24, 2.45) is 0 Å². The fraction of sp³-hybridized carbons (Fsp3) is 0.500. The summed E-state index contributed by atoms with van der Waals surface area (Å²) in [5.41, 5.74) is 1.38. The molecule has 1 aromatic heterocycles. The summed E-state index contributed by atoms with van der Waals surface area (Å²) in [4.78, 5) is 19.1. The van der Waals surface area contributed by atoms with Gasteiger partial charge in [0.1, 0.15) is 0 Å². The van der Waals surface area contributed by atoms with Crippen molar-refractivity contribution in [2.75, 3.05) is 18.5 Å². The molecule has 1 aliphatic heterocycles. The molecule has 1 amide bonds. The maximum atomic E-state index is 13.1. The number of carbonyl (C=O) groups excluding carboxylic acids is 1. The van der Waals surface area contributed by atoms with Crippen molar-refractivity contribution < 1.29 is 14.4 Å². The van der Waals surface area contributed by atoms with E-state index in [1.165, 1.54) is 0 Å². The molecule has 0 aliphatic carbocycles. The van der Waals surface area contributed by atoms with Gasteiger partial charge in [-0.2, -0.15) is 4.98 Å². The smallest absolute Gasteiger partial charge is 0.256 e. The Morgan fingerprint density at radius 2 is 2.24 bits per heavy atom. The standard InChI is InChI=1S/C18H24N4O3/c1-13-20-17(25-21-13)12-19-16-8-3-2-7-15(16)18(24)22-10-5-4-6-14(22)9-11-23/h2-3,7-8,14,19,23H,4-6,9-12H2,1H3/t14-/m1/s1. The van der Waals surface area contributed by atoms with Gasteiger partial charge in [0.05, 0.1) is 12.1 Å². The first-order chi connectivity index (χ1) is 12.2. The molecule has 2 N–H and O–H groups in total. The SMILES string of the molecule is Cc1noc(CNc2ccccc2C(=O)N2CCCC[C@@H]2CCO)n1. The number of anilines is 1. The Bertz CT molecular complexity index is 714. The van der Waals surface area contributed by atoms with Gasteiger partial charge in [-0.15, -0.1) is 0 Å². The molecule has 25 heavy (non-hydrogen) atoms. The predicted octanol–water partition coefficient (Wildman–Crippen LogP) is 2.37. The van der Waals surface area contributed by atoms with Crippen molar-refractivity contribution >= 4 is 11.6 Å². The van der Waals surface area contributed by atoms with Crippen LogP contribution in [0.15, 0.2) is 28.8 Å². The highest BCUT2D eigenvalue weighted by Gasteiger charge is 2.28. The van der Waals surface area contributed by atoms with Crippen LogP contribution in [0.4, 0.5) is 5.69 Å². The molecule has 134 valence electrons. The molecule has 0 spiro atoms. The molecule has 3 rings (SSSR count). The van der Waals surface area contributed by atoms with Crippen molar-refractivity contribution in [3.05, 3.63) is 41.5 Å². The molecule has 0 bridgehead atoms. The highest BCUT2D eigenvalue weighted by Crippen LogP contribution is 2.25. The zero-order valence-corrected chi connectivity index (χ0v) is 14.4. The molecule has 2 heterocycles. The Kier molecular flexibility index (Phi) is 5.65. The van der Waals surface area contributed by atoms with Crippen LogP contribution >= 0.6 is 0 Å². The third kappa shape index (κ3) is 4.17. The number of aromatic nitrogens is 2. The lowest BCUT2D eigenvalue weighted by atomic mass is 9.98. The number of piperidine rings is 1. The number of carbonyl (C=O) groups is 1. The van der Waals surface area contributed by atoms with Crippen LogP contribution in [0, 0.1) is 6.92 Å². The maximum absolute atomic E-state index is 13.1.